The smallest absolute Gasteiger partial charge is 0.264 e. The van der Waals surface area contributed by atoms with Crippen molar-refractivity contribution in [1.82, 2.24) is 14.5 Å². The molecule has 0 amide bonds. The molecule has 3 rings (SSSR count). The van der Waals surface area contributed by atoms with Crippen molar-refractivity contribution in [2.45, 2.75) is 13.0 Å². The van der Waals surface area contributed by atoms with E-state index in [2.05, 4.69) is 9.97 Å². The molecule has 0 unspecified atom stereocenters. The lowest BCUT2D eigenvalue weighted by Crippen LogP contribution is -2.24. The first-order valence-corrected chi connectivity index (χ1v) is 6.72. The van der Waals surface area contributed by atoms with Crippen LogP contribution in [0.15, 0.2) is 47.7 Å². The van der Waals surface area contributed by atoms with Gasteiger partial charge < -0.3 is 0 Å². The van der Waals surface area contributed by atoms with Crippen LogP contribution >= 0.6 is 11.6 Å². The Morgan fingerprint density at radius 1 is 1.19 bits per heavy atom. The largest absolute Gasteiger partial charge is 0.291 e. The van der Waals surface area contributed by atoms with Crippen molar-refractivity contribution in [3.63, 3.8) is 0 Å². The highest BCUT2D eigenvalue weighted by molar-refractivity contribution is 6.33. The molecule has 21 heavy (non-hydrogen) atoms. The van der Waals surface area contributed by atoms with Crippen LogP contribution in [-0.2, 0) is 0 Å². The van der Waals surface area contributed by atoms with Crippen molar-refractivity contribution in [2.24, 2.45) is 0 Å². The third-order valence-electron chi connectivity index (χ3n) is 3.42. The molecule has 0 aliphatic carbocycles. The van der Waals surface area contributed by atoms with E-state index in [0.29, 0.717) is 5.52 Å². The van der Waals surface area contributed by atoms with Crippen LogP contribution in [0.4, 0.5) is 4.39 Å². The molecule has 0 saturated heterocycles. The summed E-state index contributed by atoms with van der Waals surface area (Å²) in [6.45, 7) is 1.84. The van der Waals surface area contributed by atoms with Crippen LogP contribution in [0.1, 0.15) is 18.5 Å². The van der Waals surface area contributed by atoms with Crippen molar-refractivity contribution in [3.8, 4) is 0 Å². The first kappa shape index (κ1) is 13.7. The van der Waals surface area contributed by atoms with Crippen LogP contribution in [0.5, 0.6) is 0 Å². The monoisotopic (exact) mass is 303 g/mol. The average molecular weight is 304 g/mol. The van der Waals surface area contributed by atoms with Crippen LogP contribution in [0.3, 0.4) is 0 Å². The standard InChI is InChI=1S/C15H11ClFN3O/c1-9(10-2-4-11(17)5-3-10)20-8-19-12-6-7-18-14(16)13(12)15(20)21/h2-9H,1H3/t9-/m0/s1. The summed E-state index contributed by atoms with van der Waals surface area (Å²) in [5.41, 5.74) is 1.04. The molecule has 6 heteroatoms. The minimum absolute atomic E-state index is 0.130. The predicted molar refractivity (Wildman–Crippen MR) is 79.0 cm³/mol. The van der Waals surface area contributed by atoms with Crippen molar-refractivity contribution < 1.29 is 4.39 Å². The van der Waals surface area contributed by atoms with Gasteiger partial charge in [-0.05, 0) is 30.7 Å². The minimum Gasteiger partial charge on any atom is -0.291 e. The number of pyridine rings is 1. The molecule has 1 aromatic carbocycles. The summed E-state index contributed by atoms with van der Waals surface area (Å²) in [5, 5.41) is 0.418. The van der Waals surface area contributed by atoms with Gasteiger partial charge in [0.2, 0.25) is 0 Å². The molecule has 0 aliphatic heterocycles. The topological polar surface area (TPSA) is 47.8 Å². The second kappa shape index (κ2) is 5.26. The first-order valence-electron chi connectivity index (χ1n) is 6.35. The minimum atomic E-state index is -0.317. The number of aromatic nitrogens is 3. The summed E-state index contributed by atoms with van der Waals surface area (Å²) in [4.78, 5) is 20.7. The Morgan fingerprint density at radius 2 is 1.90 bits per heavy atom. The number of nitrogens with zero attached hydrogens (tertiary/aromatic N) is 3. The molecule has 106 valence electrons. The lowest BCUT2D eigenvalue weighted by atomic mass is 10.1. The van der Waals surface area contributed by atoms with Gasteiger partial charge in [0.15, 0.2) is 0 Å². The number of fused-ring (bicyclic) bond motifs is 1. The van der Waals surface area contributed by atoms with Gasteiger partial charge in [-0.25, -0.2) is 14.4 Å². The normalized spacial score (nSPS) is 12.5. The second-order valence-corrected chi connectivity index (χ2v) is 5.04. The van der Waals surface area contributed by atoms with Crippen molar-refractivity contribution in [1.29, 1.82) is 0 Å². The van der Waals surface area contributed by atoms with Gasteiger partial charge in [0, 0.05) is 6.20 Å². The number of halogens is 2. The van der Waals surface area contributed by atoms with E-state index in [0.717, 1.165) is 5.56 Å². The Morgan fingerprint density at radius 3 is 2.62 bits per heavy atom. The van der Waals surface area contributed by atoms with E-state index >= 15 is 0 Å². The van der Waals surface area contributed by atoms with Crippen LogP contribution < -0.4 is 5.56 Å². The third kappa shape index (κ3) is 2.40. The highest BCUT2D eigenvalue weighted by Crippen LogP contribution is 2.19. The Bertz CT molecular complexity index is 861. The highest BCUT2D eigenvalue weighted by atomic mass is 35.5. The average Bonchev–Trinajstić information content (AvgIpc) is 2.48. The predicted octanol–water partition coefficient (Wildman–Crippen LogP) is 3.19. The molecule has 0 bridgehead atoms. The van der Waals surface area contributed by atoms with Gasteiger partial charge in [0.1, 0.15) is 16.4 Å². The molecule has 0 fully saturated rings. The molecule has 0 spiro atoms. The number of rotatable bonds is 2. The van der Waals surface area contributed by atoms with E-state index in [4.69, 9.17) is 11.6 Å². The Balaban J connectivity index is 2.17. The summed E-state index contributed by atoms with van der Waals surface area (Å²) in [6.07, 6.45) is 2.97. The summed E-state index contributed by atoms with van der Waals surface area (Å²) < 4.78 is 14.4. The summed E-state index contributed by atoms with van der Waals surface area (Å²) in [6, 6.07) is 7.35. The zero-order valence-corrected chi connectivity index (χ0v) is 11.9. The fourth-order valence-electron chi connectivity index (χ4n) is 2.22. The van der Waals surface area contributed by atoms with Crippen LogP contribution in [0.25, 0.3) is 10.9 Å². The molecule has 0 N–H and O–H groups in total. The molecular weight excluding hydrogens is 293 g/mol. The molecule has 0 aliphatic rings. The lowest BCUT2D eigenvalue weighted by Gasteiger charge is -2.15. The highest BCUT2D eigenvalue weighted by Gasteiger charge is 2.14. The van der Waals surface area contributed by atoms with E-state index in [9.17, 15) is 9.18 Å². The molecule has 2 heterocycles. The first-order chi connectivity index (χ1) is 10.1. The van der Waals surface area contributed by atoms with E-state index in [1.54, 1.807) is 18.2 Å². The summed E-state index contributed by atoms with van der Waals surface area (Å²) in [5.74, 6) is -0.317. The fraction of sp³-hybridized carbons (Fsp3) is 0.133. The van der Waals surface area contributed by atoms with Crippen LogP contribution in [0, 0.1) is 5.82 Å². The van der Waals surface area contributed by atoms with Crippen LogP contribution in [-0.4, -0.2) is 14.5 Å². The SMILES string of the molecule is C[C@@H](c1ccc(F)cc1)n1cnc2ccnc(Cl)c2c1=O. The van der Waals surface area contributed by atoms with Crippen molar-refractivity contribution in [2.75, 3.05) is 0 Å². The Labute approximate surface area is 124 Å². The van der Waals surface area contributed by atoms with Crippen LogP contribution in [0.2, 0.25) is 5.15 Å². The van der Waals surface area contributed by atoms with Gasteiger partial charge in [-0.3, -0.25) is 9.36 Å². The molecule has 2 aromatic heterocycles. The quantitative estimate of drug-likeness (QED) is 0.683. The number of hydrogen-bond acceptors (Lipinski definition) is 3. The van der Waals surface area contributed by atoms with E-state index in [1.807, 2.05) is 6.92 Å². The molecular formula is C15H11ClFN3O. The van der Waals surface area contributed by atoms with Crippen molar-refractivity contribution >= 4 is 22.5 Å². The van der Waals surface area contributed by atoms with E-state index in [-0.39, 0.29) is 28.0 Å². The van der Waals surface area contributed by atoms with Gasteiger partial charge in [0.05, 0.1) is 17.9 Å². The lowest BCUT2D eigenvalue weighted by molar-refractivity contribution is 0.600. The Kier molecular flexibility index (Phi) is 3.43. The van der Waals surface area contributed by atoms with Gasteiger partial charge in [-0.1, -0.05) is 23.7 Å². The number of hydrogen-bond donors (Lipinski definition) is 0. The summed E-state index contributed by atoms with van der Waals surface area (Å²) >= 11 is 5.99. The maximum absolute atomic E-state index is 13.0. The zero-order chi connectivity index (χ0) is 15.0. The molecule has 0 radical (unpaired) electrons. The summed E-state index contributed by atoms with van der Waals surface area (Å²) in [7, 11) is 0. The van der Waals surface area contributed by atoms with Crippen molar-refractivity contribution in [3.05, 3.63) is 69.7 Å². The van der Waals surface area contributed by atoms with Gasteiger partial charge in [-0.2, -0.15) is 0 Å². The molecule has 0 saturated carbocycles. The van der Waals surface area contributed by atoms with E-state index < -0.39 is 0 Å². The molecule has 4 nitrogen and oxygen atoms in total. The molecule has 3 aromatic rings. The van der Waals surface area contributed by atoms with Gasteiger partial charge in [0.25, 0.3) is 5.56 Å². The molecule has 1 atom stereocenters. The number of benzene rings is 1. The fourth-order valence-corrected chi connectivity index (χ4v) is 2.45. The maximum atomic E-state index is 13.0. The third-order valence-corrected chi connectivity index (χ3v) is 3.71. The Hall–Kier alpha value is -2.27. The second-order valence-electron chi connectivity index (χ2n) is 4.68. The van der Waals surface area contributed by atoms with E-state index in [1.165, 1.54) is 29.2 Å². The maximum Gasteiger partial charge on any atom is 0.264 e. The van der Waals surface area contributed by atoms with Gasteiger partial charge >= 0.3 is 0 Å². The zero-order valence-electron chi connectivity index (χ0n) is 11.1. The van der Waals surface area contributed by atoms with Gasteiger partial charge in [-0.15, -0.1) is 0 Å².